The second-order valence-electron chi connectivity index (χ2n) is 4.12. The molecule has 0 saturated carbocycles. The SMILES string of the molecule is Cc1[nH]nc2c(NCCn3cc(Cl)cn3)ncnc12. The normalized spacial score (nSPS) is 11.1. The molecule has 19 heavy (non-hydrogen) atoms. The van der Waals surface area contributed by atoms with Crippen molar-refractivity contribution in [2.24, 2.45) is 0 Å². The van der Waals surface area contributed by atoms with E-state index < -0.39 is 0 Å². The van der Waals surface area contributed by atoms with Gasteiger partial charge in [0.1, 0.15) is 11.8 Å². The number of aryl methyl sites for hydroxylation is 1. The number of hydrogen-bond acceptors (Lipinski definition) is 5. The van der Waals surface area contributed by atoms with Gasteiger partial charge in [0.2, 0.25) is 0 Å². The van der Waals surface area contributed by atoms with Crippen LogP contribution in [0.25, 0.3) is 11.0 Å². The van der Waals surface area contributed by atoms with Gasteiger partial charge in [0, 0.05) is 12.7 Å². The molecule has 0 spiro atoms. The highest BCUT2D eigenvalue weighted by atomic mass is 35.5. The second kappa shape index (κ2) is 4.85. The zero-order chi connectivity index (χ0) is 13.2. The minimum absolute atomic E-state index is 0.632. The van der Waals surface area contributed by atoms with E-state index in [4.69, 9.17) is 11.6 Å². The van der Waals surface area contributed by atoms with Gasteiger partial charge in [0.25, 0.3) is 0 Å². The Labute approximate surface area is 114 Å². The van der Waals surface area contributed by atoms with Gasteiger partial charge in [-0.25, -0.2) is 9.97 Å². The fourth-order valence-corrected chi connectivity index (χ4v) is 1.99. The summed E-state index contributed by atoms with van der Waals surface area (Å²) in [6.45, 7) is 3.30. The highest BCUT2D eigenvalue weighted by Gasteiger charge is 2.08. The number of aromatic amines is 1. The van der Waals surface area contributed by atoms with E-state index >= 15 is 0 Å². The lowest BCUT2D eigenvalue weighted by Gasteiger charge is -2.05. The lowest BCUT2D eigenvalue weighted by molar-refractivity contribution is 0.637. The number of anilines is 1. The molecule has 0 fully saturated rings. The molecule has 0 aliphatic rings. The molecule has 3 rings (SSSR count). The number of nitrogens with zero attached hydrogens (tertiary/aromatic N) is 5. The van der Waals surface area contributed by atoms with E-state index in [9.17, 15) is 0 Å². The highest BCUT2D eigenvalue weighted by molar-refractivity contribution is 6.30. The van der Waals surface area contributed by atoms with Crippen LogP contribution in [0.2, 0.25) is 5.02 Å². The van der Waals surface area contributed by atoms with Crippen LogP contribution in [-0.4, -0.2) is 36.5 Å². The van der Waals surface area contributed by atoms with E-state index in [0.717, 1.165) is 16.7 Å². The van der Waals surface area contributed by atoms with Crippen LogP contribution in [0.5, 0.6) is 0 Å². The highest BCUT2D eigenvalue weighted by Crippen LogP contribution is 2.18. The molecule has 0 amide bonds. The summed E-state index contributed by atoms with van der Waals surface area (Å²) in [5, 5.41) is 15.0. The molecule has 3 aromatic rings. The summed E-state index contributed by atoms with van der Waals surface area (Å²) in [7, 11) is 0. The second-order valence-corrected chi connectivity index (χ2v) is 4.55. The molecule has 0 atom stereocenters. The fraction of sp³-hybridized carbons (Fsp3) is 0.273. The van der Waals surface area contributed by atoms with Crippen molar-refractivity contribution in [1.29, 1.82) is 0 Å². The minimum atomic E-state index is 0.632. The van der Waals surface area contributed by atoms with Gasteiger partial charge in [-0.3, -0.25) is 9.78 Å². The van der Waals surface area contributed by atoms with Crippen molar-refractivity contribution in [2.45, 2.75) is 13.5 Å². The molecule has 98 valence electrons. The summed E-state index contributed by atoms with van der Waals surface area (Å²) < 4.78 is 1.77. The first kappa shape index (κ1) is 11.9. The molecule has 0 unspecified atom stereocenters. The van der Waals surface area contributed by atoms with Gasteiger partial charge in [-0.1, -0.05) is 11.6 Å². The number of halogens is 1. The van der Waals surface area contributed by atoms with Gasteiger partial charge in [-0.15, -0.1) is 0 Å². The zero-order valence-electron chi connectivity index (χ0n) is 10.3. The predicted octanol–water partition coefficient (Wildman–Crippen LogP) is 1.62. The fourth-order valence-electron chi connectivity index (χ4n) is 1.83. The van der Waals surface area contributed by atoms with Crippen molar-refractivity contribution in [3.63, 3.8) is 0 Å². The van der Waals surface area contributed by atoms with E-state index in [0.29, 0.717) is 23.9 Å². The first-order valence-electron chi connectivity index (χ1n) is 5.81. The van der Waals surface area contributed by atoms with Gasteiger partial charge < -0.3 is 5.32 Å². The van der Waals surface area contributed by atoms with Crippen LogP contribution in [-0.2, 0) is 6.54 Å². The maximum Gasteiger partial charge on any atom is 0.158 e. The van der Waals surface area contributed by atoms with Crippen molar-refractivity contribution < 1.29 is 0 Å². The quantitative estimate of drug-likeness (QED) is 0.757. The van der Waals surface area contributed by atoms with Crippen LogP contribution in [0.4, 0.5) is 5.82 Å². The molecule has 0 radical (unpaired) electrons. The maximum atomic E-state index is 5.80. The molecule has 0 bridgehead atoms. The Balaban J connectivity index is 1.71. The third-order valence-electron chi connectivity index (χ3n) is 2.75. The van der Waals surface area contributed by atoms with Gasteiger partial charge >= 0.3 is 0 Å². The molecule has 0 aromatic carbocycles. The van der Waals surface area contributed by atoms with E-state index in [2.05, 4.69) is 30.6 Å². The average molecular weight is 278 g/mol. The molecular formula is C11H12ClN7. The molecule has 0 aliphatic heterocycles. The molecule has 8 heteroatoms. The third-order valence-corrected chi connectivity index (χ3v) is 2.94. The minimum Gasteiger partial charge on any atom is -0.366 e. The Morgan fingerprint density at radius 2 is 2.26 bits per heavy atom. The maximum absolute atomic E-state index is 5.80. The van der Waals surface area contributed by atoms with Crippen LogP contribution >= 0.6 is 11.6 Å². The number of fused-ring (bicyclic) bond motifs is 1. The van der Waals surface area contributed by atoms with Gasteiger partial charge in [-0.05, 0) is 6.92 Å². The summed E-state index contributed by atoms with van der Waals surface area (Å²) in [6, 6.07) is 0. The van der Waals surface area contributed by atoms with Crippen molar-refractivity contribution in [3.8, 4) is 0 Å². The van der Waals surface area contributed by atoms with Gasteiger partial charge in [-0.2, -0.15) is 10.2 Å². The molecule has 0 aliphatic carbocycles. The standard InChI is InChI=1S/C11H12ClN7/c1-7-9-10(18-17-7)11(15-6-14-9)13-2-3-19-5-8(12)4-16-19/h4-6H,2-3H2,1H3,(H,17,18)(H,13,14,15). The van der Waals surface area contributed by atoms with Crippen molar-refractivity contribution in [1.82, 2.24) is 29.9 Å². The van der Waals surface area contributed by atoms with Gasteiger partial charge in [0.05, 0.1) is 23.5 Å². The first-order chi connectivity index (χ1) is 9.24. The van der Waals surface area contributed by atoms with Crippen LogP contribution in [0.1, 0.15) is 5.69 Å². The Morgan fingerprint density at radius 1 is 1.37 bits per heavy atom. The monoisotopic (exact) mass is 277 g/mol. The van der Waals surface area contributed by atoms with Crippen LogP contribution < -0.4 is 5.32 Å². The number of hydrogen-bond donors (Lipinski definition) is 2. The first-order valence-corrected chi connectivity index (χ1v) is 6.19. The molecule has 7 nitrogen and oxygen atoms in total. The number of H-pyrrole nitrogens is 1. The smallest absolute Gasteiger partial charge is 0.158 e. The van der Waals surface area contributed by atoms with Crippen molar-refractivity contribution in [2.75, 3.05) is 11.9 Å². The van der Waals surface area contributed by atoms with Crippen molar-refractivity contribution in [3.05, 3.63) is 29.4 Å². The average Bonchev–Trinajstić information content (AvgIpc) is 2.98. The zero-order valence-corrected chi connectivity index (χ0v) is 11.0. The predicted molar refractivity (Wildman–Crippen MR) is 72.1 cm³/mol. The Morgan fingerprint density at radius 3 is 3.05 bits per heavy atom. The Hall–Kier alpha value is -2.15. The molecular weight excluding hydrogens is 266 g/mol. The van der Waals surface area contributed by atoms with E-state index in [1.165, 1.54) is 6.33 Å². The number of aromatic nitrogens is 6. The summed E-state index contributed by atoms with van der Waals surface area (Å²) in [5.74, 6) is 0.715. The molecule has 2 N–H and O–H groups in total. The number of nitrogens with one attached hydrogen (secondary N) is 2. The lowest BCUT2D eigenvalue weighted by atomic mass is 10.3. The molecule has 0 saturated heterocycles. The van der Waals surface area contributed by atoms with Crippen molar-refractivity contribution >= 4 is 28.5 Å². The molecule has 3 heterocycles. The topological polar surface area (TPSA) is 84.3 Å². The lowest BCUT2D eigenvalue weighted by Crippen LogP contribution is -2.12. The van der Waals surface area contributed by atoms with E-state index in [1.807, 2.05) is 6.92 Å². The van der Waals surface area contributed by atoms with Crippen LogP contribution in [0, 0.1) is 6.92 Å². The van der Waals surface area contributed by atoms with Gasteiger partial charge in [0.15, 0.2) is 11.3 Å². The van der Waals surface area contributed by atoms with E-state index in [1.54, 1.807) is 17.1 Å². The third kappa shape index (κ3) is 2.37. The van der Waals surface area contributed by atoms with Crippen LogP contribution in [0.3, 0.4) is 0 Å². The summed E-state index contributed by atoms with van der Waals surface area (Å²) >= 11 is 5.80. The number of rotatable bonds is 4. The molecule has 3 aromatic heterocycles. The van der Waals surface area contributed by atoms with E-state index in [-0.39, 0.29) is 0 Å². The summed E-state index contributed by atoms with van der Waals surface area (Å²) in [4.78, 5) is 8.39. The largest absolute Gasteiger partial charge is 0.366 e. The summed E-state index contributed by atoms with van der Waals surface area (Å²) in [6.07, 6.45) is 4.91. The van der Waals surface area contributed by atoms with Crippen LogP contribution in [0.15, 0.2) is 18.7 Å². The summed E-state index contributed by atoms with van der Waals surface area (Å²) in [5.41, 5.74) is 2.51. The Kier molecular flexibility index (Phi) is 3.04. The Bertz CT molecular complexity index is 702.